The quantitative estimate of drug-likeness (QED) is 0.704. The lowest BCUT2D eigenvalue weighted by atomic mass is 10.0. The number of methoxy groups -OCH3 is 2. The molecule has 0 aliphatic heterocycles. The van der Waals surface area contributed by atoms with E-state index in [1.165, 1.54) is 7.11 Å². The molecule has 0 radical (unpaired) electrons. The van der Waals surface area contributed by atoms with Crippen LogP contribution in [0.4, 0.5) is 0 Å². The molecule has 1 aromatic carbocycles. The molecule has 5 nitrogen and oxygen atoms in total. The lowest BCUT2D eigenvalue weighted by Crippen LogP contribution is -2.38. The van der Waals surface area contributed by atoms with E-state index < -0.39 is 5.60 Å². The van der Waals surface area contributed by atoms with Crippen molar-refractivity contribution in [3.8, 4) is 0 Å². The van der Waals surface area contributed by atoms with Gasteiger partial charge >= 0.3 is 5.97 Å². The van der Waals surface area contributed by atoms with Crippen LogP contribution in [0.5, 0.6) is 0 Å². The molecule has 0 fully saturated rings. The molecule has 20 heavy (non-hydrogen) atoms. The van der Waals surface area contributed by atoms with Crippen molar-refractivity contribution in [3.63, 3.8) is 0 Å². The van der Waals surface area contributed by atoms with Gasteiger partial charge in [0, 0.05) is 33.2 Å². The van der Waals surface area contributed by atoms with E-state index in [-0.39, 0.29) is 5.97 Å². The first kappa shape index (κ1) is 16.6. The van der Waals surface area contributed by atoms with Crippen molar-refractivity contribution in [1.82, 2.24) is 5.32 Å². The molecular weight excluding hydrogens is 258 g/mol. The van der Waals surface area contributed by atoms with Gasteiger partial charge in [-0.3, -0.25) is 0 Å². The zero-order valence-electron chi connectivity index (χ0n) is 12.3. The zero-order chi connectivity index (χ0) is 15.0. The first-order valence-corrected chi connectivity index (χ1v) is 6.58. The Balaban J connectivity index is 2.40. The summed E-state index contributed by atoms with van der Waals surface area (Å²) in [6.45, 7) is 3.42. The van der Waals surface area contributed by atoms with Gasteiger partial charge in [-0.1, -0.05) is 12.1 Å². The number of nitrogens with one attached hydrogen (secondary N) is 1. The Morgan fingerprint density at radius 3 is 2.50 bits per heavy atom. The number of aliphatic hydroxyl groups is 1. The normalized spacial score (nSPS) is 13.8. The number of benzene rings is 1. The number of carbonyl (C=O) groups excluding carboxylic acids is 1. The monoisotopic (exact) mass is 281 g/mol. The largest absolute Gasteiger partial charge is 0.465 e. The Kier molecular flexibility index (Phi) is 6.64. The molecule has 0 saturated heterocycles. The smallest absolute Gasteiger partial charge is 0.337 e. The van der Waals surface area contributed by atoms with E-state index in [1.54, 1.807) is 26.2 Å². The van der Waals surface area contributed by atoms with Gasteiger partial charge in [0.15, 0.2) is 0 Å². The third-order valence-electron chi connectivity index (χ3n) is 3.05. The third-order valence-corrected chi connectivity index (χ3v) is 3.05. The minimum atomic E-state index is -0.790. The van der Waals surface area contributed by atoms with Gasteiger partial charge in [0.25, 0.3) is 0 Å². The van der Waals surface area contributed by atoms with Crippen molar-refractivity contribution in [2.45, 2.75) is 25.5 Å². The minimum absolute atomic E-state index is 0.341. The number of esters is 1. The summed E-state index contributed by atoms with van der Waals surface area (Å²) in [5.41, 5.74) is 0.783. The van der Waals surface area contributed by atoms with Crippen molar-refractivity contribution in [3.05, 3.63) is 35.4 Å². The van der Waals surface area contributed by atoms with Gasteiger partial charge in [-0.05, 0) is 24.6 Å². The summed E-state index contributed by atoms with van der Waals surface area (Å²) in [5, 5.41) is 13.3. The standard InChI is InChI=1S/C15H23NO4/c1-15(18,8-9-19-2)11-16-10-12-4-6-13(7-5-12)14(17)20-3/h4-7,16,18H,8-11H2,1-3H3. The number of ether oxygens (including phenoxy) is 2. The lowest BCUT2D eigenvalue weighted by Gasteiger charge is -2.23. The number of hydrogen-bond donors (Lipinski definition) is 2. The van der Waals surface area contributed by atoms with Crippen molar-refractivity contribution in [1.29, 1.82) is 0 Å². The summed E-state index contributed by atoms with van der Waals surface area (Å²) in [7, 11) is 2.98. The Bertz CT molecular complexity index is 414. The molecule has 0 bridgehead atoms. The van der Waals surface area contributed by atoms with Gasteiger partial charge in [0.2, 0.25) is 0 Å². The lowest BCUT2D eigenvalue weighted by molar-refractivity contribution is 0.0247. The second kappa shape index (κ2) is 7.99. The second-order valence-electron chi connectivity index (χ2n) is 5.03. The number of hydrogen-bond acceptors (Lipinski definition) is 5. The van der Waals surface area contributed by atoms with Crippen molar-refractivity contribution < 1.29 is 19.4 Å². The summed E-state index contributed by atoms with van der Waals surface area (Å²) < 4.78 is 9.60. The fourth-order valence-electron chi connectivity index (χ4n) is 1.76. The minimum Gasteiger partial charge on any atom is -0.465 e. The first-order valence-electron chi connectivity index (χ1n) is 6.58. The van der Waals surface area contributed by atoms with Gasteiger partial charge in [-0.25, -0.2) is 4.79 Å². The molecule has 0 aliphatic carbocycles. The topological polar surface area (TPSA) is 67.8 Å². The van der Waals surface area contributed by atoms with E-state index in [1.807, 2.05) is 12.1 Å². The van der Waals surface area contributed by atoms with E-state index in [2.05, 4.69) is 10.1 Å². The second-order valence-corrected chi connectivity index (χ2v) is 5.03. The molecule has 1 atom stereocenters. The highest BCUT2D eigenvalue weighted by molar-refractivity contribution is 5.89. The Morgan fingerprint density at radius 2 is 1.95 bits per heavy atom. The van der Waals surface area contributed by atoms with E-state index in [9.17, 15) is 9.90 Å². The van der Waals surface area contributed by atoms with Crippen LogP contribution in [-0.2, 0) is 16.0 Å². The molecule has 2 N–H and O–H groups in total. The fraction of sp³-hybridized carbons (Fsp3) is 0.533. The average molecular weight is 281 g/mol. The van der Waals surface area contributed by atoms with Gasteiger partial charge < -0.3 is 19.9 Å². The highest BCUT2D eigenvalue weighted by Gasteiger charge is 2.19. The molecule has 0 aliphatic rings. The molecule has 1 rings (SSSR count). The molecule has 0 spiro atoms. The summed E-state index contributed by atoms with van der Waals surface area (Å²) in [6.07, 6.45) is 0.581. The number of carbonyl (C=O) groups is 1. The first-order chi connectivity index (χ1) is 9.48. The van der Waals surface area contributed by atoms with Crippen LogP contribution in [0.15, 0.2) is 24.3 Å². The zero-order valence-corrected chi connectivity index (χ0v) is 12.3. The molecule has 1 unspecified atom stereocenters. The van der Waals surface area contributed by atoms with E-state index in [0.29, 0.717) is 31.7 Å². The van der Waals surface area contributed by atoms with Crippen LogP contribution in [0.25, 0.3) is 0 Å². The molecular formula is C15H23NO4. The van der Waals surface area contributed by atoms with Crippen LogP contribution in [0, 0.1) is 0 Å². The van der Waals surface area contributed by atoms with Crippen molar-refractivity contribution in [2.24, 2.45) is 0 Å². The average Bonchev–Trinajstić information content (AvgIpc) is 2.45. The fourth-order valence-corrected chi connectivity index (χ4v) is 1.76. The SMILES string of the molecule is COCCC(C)(O)CNCc1ccc(C(=O)OC)cc1. The molecule has 5 heteroatoms. The van der Waals surface area contributed by atoms with Crippen LogP contribution in [0.1, 0.15) is 29.3 Å². The Morgan fingerprint density at radius 1 is 1.30 bits per heavy atom. The summed E-state index contributed by atoms with van der Waals surface area (Å²) in [5.74, 6) is -0.341. The van der Waals surface area contributed by atoms with Crippen LogP contribution in [-0.4, -0.2) is 44.0 Å². The third kappa shape index (κ3) is 5.69. The van der Waals surface area contributed by atoms with Gasteiger partial charge in [-0.15, -0.1) is 0 Å². The maximum Gasteiger partial charge on any atom is 0.337 e. The van der Waals surface area contributed by atoms with Crippen molar-refractivity contribution >= 4 is 5.97 Å². The van der Waals surface area contributed by atoms with Crippen LogP contribution in [0.3, 0.4) is 0 Å². The summed E-state index contributed by atoms with van der Waals surface area (Å²) in [6, 6.07) is 7.18. The maximum atomic E-state index is 11.3. The molecule has 0 amide bonds. The Hall–Kier alpha value is -1.43. The predicted molar refractivity (Wildman–Crippen MR) is 76.6 cm³/mol. The van der Waals surface area contributed by atoms with Crippen LogP contribution >= 0.6 is 0 Å². The molecule has 0 aromatic heterocycles. The van der Waals surface area contributed by atoms with Gasteiger partial charge in [0.1, 0.15) is 0 Å². The maximum absolute atomic E-state index is 11.3. The highest BCUT2D eigenvalue weighted by atomic mass is 16.5. The van der Waals surface area contributed by atoms with E-state index >= 15 is 0 Å². The van der Waals surface area contributed by atoms with Crippen molar-refractivity contribution in [2.75, 3.05) is 27.4 Å². The number of rotatable bonds is 8. The summed E-state index contributed by atoms with van der Waals surface area (Å²) in [4.78, 5) is 11.3. The van der Waals surface area contributed by atoms with E-state index in [0.717, 1.165) is 5.56 Å². The molecule has 0 saturated carbocycles. The molecule has 1 aromatic rings. The molecule has 0 heterocycles. The van der Waals surface area contributed by atoms with Gasteiger partial charge in [0.05, 0.1) is 18.3 Å². The van der Waals surface area contributed by atoms with Gasteiger partial charge in [-0.2, -0.15) is 0 Å². The van der Waals surface area contributed by atoms with E-state index in [4.69, 9.17) is 4.74 Å². The highest BCUT2D eigenvalue weighted by Crippen LogP contribution is 2.09. The Labute approximate surface area is 119 Å². The van der Waals surface area contributed by atoms with Crippen LogP contribution in [0.2, 0.25) is 0 Å². The molecule has 112 valence electrons. The van der Waals surface area contributed by atoms with Crippen LogP contribution < -0.4 is 5.32 Å². The summed E-state index contributed by atoms with van der Waals surface area (Å²) >= 11 is 0. The predicted octanol–water partition coefficient (Wildman–Crippen LogP) is 1.35.